The summed E-state index contributed by atoms with van der Waals surface area (Å²) < 4.78 is 11.1. The Morgan fingerprint density at radius 3 is 2.41 bits per heavy atom. The molecule has 1 aromatic rings. The number of aliphatic hydroxyl groups is 1. The fourth-order valence-corrected chi connectivity index (χ4v) is 2.13. The molecule has 1 aromatic carbocycles. The summed E-state index contributed by atoms with van der Waals surface area (Å²) in [6.45, 7) is 12.4. The second kappa shape index (κ2) is 8.39. The normalized spacial score (nSPS) is 13.3. The quantitative estimate of drug-likeness (QED) is 0.775. The van der Waals surface area contributed by atoms with Crippen molar-refractivity contribution < 1.29 is 14.6 Å². The van der Waals surface area contributed by atoms with E-state index in [1.165, 1.54) is 0 Å². The number of aliphatic hydroxyl groups excluding tert-OH is 1. The first kappa shape index (κ1) is 18.8. The molecule has 0 aromatic heterocycles. The van der Waals surface area contributed by atoms with Gasteiger partial charge in [-0.2, -0.15) is 0 Å². The van der Waals surface area contributed by atoms with Gasteiger partial charge in [0.1, 0.15) is 24.2 Å². The third-order valence-electron chi connectivity index (χ3n) is 3.36. The molecule has 0 heterocycles. The largest absolute Gasteiger partial charge is 0.497 e. The van der Waals surface area contributed by atoms with Crippen LogP contribution in [0.4, 0.5) is 0 Å². The molecule has 4 heteroatoms. The second-order valence-electron chi connectivity index (χ2n) is 7.13. The highest BCUT2D eigenvalue weighted by atomic mass is 16.5. The molecule has 0 saturated carbocycles. The maximum Gasteiger partial charge on any atom is 0.123 e. The Morgan fingerprint density at radius 1 is 1.18 bits per heavy atom. The topological polar surface area (TPSA) is 50.7 Å². The summed E-state index contributed by atoms with van der Waals surface area (Å²) in [5, 5.41) is 13.2. The average molecular weight is 309 g/mol. The Hall–Kier alpha value is -1.26. The van der Waals surface area contributed by atoms with Crippen LogP contribution in [0.1, 0.15) is 40.2 Å². The summed E-state index contributed by atoms with van der Waals surface area (Å²) in [5.41, 5.74) is 1.03. The third-order valence-corrected chi connectivity index (χ3v) is 3.36. The van der Waals surface area contributed by atoms with Crippen LogP contribution in [-0.2, 0) is 5.41 Å². The number of hydrogen-bond acceptors (Lipinski definition) is 4. The first-order valence-electron chi connectivity index (χ1n) is 7.94. The average Bonchev–Trinajstić information content (AvgIpc) is 2.43. The van der Waals surface area contributed by atoms with Crippen molar-refractivity contribution in [3.05, 3.63) is 23.8 Å². The van der Waals surface area contributed by atoms with Crippen molar-refractivity contribution in [2.24, 2.45) is 5.92 Å². The Kier molecular flexibility index (Phi) is 7.17. The molecule has 0 saturated heterocycles. The summed E-state index contributed by atoms with van der Waals surface area (Å²) >= 11 is 0. The summed E-state index contributed by atoms with van der Waals surface area (Å²) in [7, 11) is 1.66. The van der Waals surface area contributed by atoms with Gasteiger partial charge in [-0.25, -0.2) is 0 Å². The van der Waals surface area contributed by atoms with Gasteiger partial charge >= 0.3 is 0 Å². The Bertz CT molecular complexity index is 452. The van der Waals surface area contributed by atoms with E-state index in [1.54, 1.807) is 7.11 Å². The maximum atomic E-state index is 10.0. The van der Waals surface area contributed by atoms with Gasteiger partial charge in [0, 0.05) is 12.1 Å². The molecule has 22 heavy (non-hydrogen) atoms. The van der Waals surface area contributed by atoms with E-state index in [2.05, 4.69) is 39.9 Å². The van der Waals surface area contributed by atoms with Crippen molar-refractivity contribution in [1.29, 1.82) is 0 Å². The van der Waals surface area contributed by atoms with Crippen LogP contribution in [0.2, 0.25) is 0 Å². The molecule has 0 unspecified atom stereocenters. The predicted octanol–water partition coefficient (Wildman–Crippen LogP) is 2.98. The summed E-state index contributed by atoms with van der Waals surface area (Å²) in [5.74, 6) is 2.19. The van der Waals surface area contributed by atoms with E-state index >= 15 is 0 Å². The van der Waals surface area contributed by atoms with Crippen molar-refractivity contribution in [3.63, 3.8) is 0 Å². The van der Waals surface area contributed by atoms with Crippen LogP contribution in [0.5, 0.6) is 11.5 Å². The molecule has 0 aliphatic heterocycles. The number of methoxy groups -OCH3 is 1. The van der Waals surface area contributed by atoms with E-state index in [0.717, 1.165) is 23.6 Å². The van der Waals surface area contributed by atoms with Gasteiger partial charge in [0.05, 0.1) is 7.11 Å². The molecule has 0 aliphatic rings. The number of rotatable bonds is 8. The Morgan fingerprint density at radius 2 is 1.86 bits per heavy atom. The van der Waals surface area contributed by atoms with Crippen molar-refractivity contribution >= 4 is 0 Å². The lowest BCUT2D eigenvalue weighted by molar-refractivity contribution is 0.104. The molecule has 0 amide bonds. The molecule has 0 fully saturated rings. The molecular weight excluding hydrogens is 278 g/mol. The molecular formula is C18H31NO3. The second-order valence-corrected chi connectivity index (χ2v) is 7.13. The molecule has 1 rings (SSSR count). The lowest BCUT2D eigenvalue weighted by Crippen LogP contribution is -2.33. The predicted molar refractivity (Wildman–Crippen MR) is 90.9 cm³/mol. The van der Waals surface area contributed by atoms with Gasteiger partial charge < -0.3 is 19.9 Å². The van der Waals surface area contributed by atoms with Crippen molar-refractivity contribution in [2.75, 3.05) is 26.8 Å². The van der Waals surface area contributed by atoms with Crippen LogP contribution >= 0.6 is 0 Å². The molecule has 2 N–H and O–H groups in total. The van der Waals surface area contributed by atoms with E-state index in [1.807, 2.05) is 18.2 Å². The minimum atomic E-state index is -0.520. The minimum absolute atomic E-state index is 0.0509. The number of benzene rings is 1. The van der Waals surface area contributed by atoms with Gasteiger partial charge in [-0.05, 0) is 36.1 Å². The molecule has 0 radical (unpaired) electrons. The summed E-state index contributed by atoms with van der Waals surface area (Å²) in [6.07, 6.45) is -0.520. The number of nitrogens with one attached hydrogen (secondary N) is 1. The van der Waals surface area contributed by atoms with Crippen molar-refractivity contribution in [1.82, 2.24) is 5.32 Å². The summed E-state index contributed by atoms with van der Waals surface area (Å²) in [6, 6.07) is 5.79. The molecule has 1 atom stereocenters. The number of ether oxygens (including phenoxy) is 2. The highest BCUT2D eigenvalue weighted by Crippen LogP contribution is 2.34. The van der Waals surface area contributed by atoms with E-state index in [-0.39, 0.29) is 12.0 Å². The van der Waals surface area contributed by atoms with Gasteiger partial charge in [0.15, 0.2) is 0 Å². The first-order chi connectivity index (χ1) is 10.2. The van der Waals surface area contributed by atoms with Gasteiger partial charge in [0.2, 0.25) is 0 Å². The lowest BCUT2D eigenvalue weighted by atomic mass is 9.86. The Labute approximate surface area is 134 Å². The smallest absolute Gasteiger partial charge is 0.123 e. The zero-order valence-electron chi connectivity index (χ0n) is 14.8. The SMILES string of the molecule is COc1ccc(OC[C@@H](O)CNCC(C)C)c(C(C)(C)C)c1. The van der Waals surface area contributed by atoms with Crippen LogP contribution in [-0.4, -0.2) is 38.0 Å². The highest BCUT2D eigenvalue weighted by Gasteiger charge is 2.20. The zero-order valence-corrected chi connectivity index (χ0v) is 14.8. The van der Waals surface area contributed by atoms with Crippen LogP contribution < -0.4 is 14.8 Å². The zero-order chi connectivity index (χ0) is 16.8. The van der Waals surface area contributed by atoms with Crippen LogP contribution in [0.15, 0.2) is 18.2 Å². The van der Waals surface area contributed by atoms with Crippen LogP contribution in [0.25, 0.3) is 0 Å². The first-order valence-corrected chi connectivity index (χ1v) is 7.94. The van der Waals surface area contributed by atoms with Gasteiger partial charge in [-0.3, -0.25) is 0 Å². The highest BCUT2D eigenvalue weighted by molar-refractivity contribution is 5.44. The fraction of sp³-hybridized carbons (Fsp3) is 0.667. The van der Waals surface area contributed by atoms with E-state index in [4.69, 9.17) is 9.47 Å². The van der Waals surface area contributed by atoms with Crippen molar-refractivity contribution in [2.45, 2.75) is 46.1 Å². The number of hydrogen-bond donors (Lipinski definition) is 2. The Balaban J connectivity index is 2.65. The van der Waals surface area contributed by atoms with E-state index in [9.17, 15) is 5.11 Å². The van der Waals surface area contributed by atoms with Crippen LogP contribution in [0.3, 0.4) is 0 Å². The molecule has 126 valence electrons. The third kappa shape index (κ3) is 6.24. The standard InChI is InChI=1S/C18H31NO3/c1-13(2)10-19-11-14(20)12-22-17-8-7-15(21-6)9-16(17)18(3,4)5/h7-9,13-14,19-20H,10-12H2,1-6H3/t14-/m0/s1. The molecule has 0 spiro atoms. The lowest BCUT2D eigenvalue weighted by Gasteiger charge is -2.24. The van der Waals surface area contributed by atoms with Gasteiger partial charge in [-0.15, -0.1) is 0 Å². The minimum Gasteiger partial charge on any atom is -0.497 e. The van der Waals surface area contributed by atoms with Gasteiger partial charge in [-0.1, -0.05) is 34.6 Å². The molecule has 4 nitrogen and oxygen atoms in total. The van der Waals surface area contributed by atoms with Gasteiger partial charge in [0.25, 0.3) is 0 Å². The van der Waals surface area contributed by atoms with E-state index < -0.39 is 6.10 Å². The van der Waals surface area contributed by atoms with E-state index in [0.29, 0.717) is 12.5 Å². The van der Waals surface area contributed by atoms with Crippen molar-refractivity contribution in [3.8, 4) is 11.5 Å². The maximum absolute atomic E-state index is 10.0. The molecule has 0 aliphatic carbocycles. The fourth-order valence-electron chi connectivity index (χ4n) is 2.13. The monoisotopic (exact) mass is 309 g/mol. The molecule has 0 bridgehead atoms. The summed E-state index contributed by atoms with van der Waals surface area (Å²) in [4.78, 5) is 0. The van der Waals surface area contributed by atoms with Crippen LogP contribution in [0, 0.1) is 5.92 Å².